The standard InChI is InChI=1S/C14H18N2O4/c1-14(13(17)18,15-8-4-5-9-15)10-11-6-2-3-7-12(11)16(19)20/h2-3,6-7H,4-5,8-10H2,1H3,(H,17,18). The predicted molar refractivity (Wildman–Crippen MR) is 73.6 cm³/mol. The topological polar surface area (TPSA) is 83.7 Å². The van der Waals surface area contributed by atoms with E-state index >= 15 is 0 Å². The van der Waals surface area contributed by atoms with Crippen LogP contribution >= 0.6 is 0 Å². The Kier molecular flexibility index (Phi) is 4.04. The normalized spacial score (nSPS) is 18.6. The first-order chi connectivity index (χ1) is 9.45. The molecule has 1 saturated heterocycles. The Labute approximate surface area is 117 Å². The number of nitrogens with zero attached hydrogens (tertiary/aromatic N) is 2. The lowest BCUT2D eigenvalue weighted by Crippen LogP contribution is -2.52. The molecule has 6 nitrogen and oxygen atoms in total. The van der Waals surface area contributed by atoms with E-state index in [0.717, 1.165) is 25.9 Å². The second kappa shape index (κ2) is 5.58. The molecule has 1 aliphatic heterocycles. The lowest BCUT2D eigenvalue weighted by molar-refractivity contribution is -0.385. The smallest absolute Gasteiger partial charge is 0.324 e. The van der Waals surface area contributed by atoms with Gasteiger partial charge >= 0.3 is 5.97 Å². The summed E-state index contributed by atoms with van der Waals surface area (Å²) in [4.78, 5) is 24.2. The lowest BCUT2D eigenvalue weighted by Gasteiger charge is -2.34. The first kappa shape index (κ1) is 14.5. The molecule has 1 aromatic carbocycles. The molecular weight excluding hydrogens is 260 g/mol. The molecule has 0 bridgehead atoms. The third kappa shape index (κ3) is 2.65. The Morgan fingerprint density at radius 2 is 2.00 bits per heavy atom. The Bertz CT molecular complexity index is 526. The van der Waals surface area contributed by atoms with Gasteiger partial charge in [-0.05, 0) is 32.9 Å². The van der Waals surface area contributed by atoms with Gasteiger partial charge in [-0.3, -0.25) is 19.8 Å². The maximum absolute atomic E-state index is 11.7. The number of para-hydroxylation sites is 1. The van der Waals surface area contributed by atoms with Gasteiger partial charge in [0, 0.05) is 18.1 Å². The average molecular weight is 278 g/mol. The average Bonchev–Trinajstić information content (AvgIpc) is 2.93. The fourth-order valence-corrected chi connectivity index (χ4v) is 2.74. The molecule has 0 amide bonds. The van der Waals surface area contributed by atoms with Crippen LogP contribution in [0.25, 0.3) is 0 Å². The molecule has 0 aromatic heterocycles. The summed E-state index contributed by atoms with van der Waals surface area (Å²) in [6.07, 6.45) is 2.08. The van der Waals surface area contributed by atoms with Crippen LogP contribution in [0.4, 0.5) is 5.69 Å². The van der Waals surface area contributed by atoms with E-state index in [2.05, 4.69) is 0 Å². The Morgan fingerprint density at radius 3 is 2.55 bits per heavy atom. The minimum Gasteiger partial charge on any atom is -0.480 e. The van der Waals surface area contributed by atoms with Crippen molar-refractivity contribution in [3.63, 3.8) is 0 Å². The number of nitro benzene ring substituents is 1. The summed E-state index contributed by atoms with van der Waals surface area (Å²) >= 11 is 0. The molecule has 1 fully saturated rings. The highest BCUT2D eigenvalue weighted by atomic mass is 16.6. The van der Waals surface area contributed by atoms with E-state index in [-0.39, 0.29) is 12.1 Å². The van der Waals surface area contributed by atoms with Crippen LogP contribution in [0.15, 0.2) is 24.3 Å². The Morgan fingerprint density at radius 1 is 1.40 bits per heavy atom. The molecule has 20 heavy (non-hydrogen) atoms. The van der Waals surface area contributed by atoms with Gasteiger partial charge < -0.3 is 5.11 Å². The second-order valence-corrected chi connectivity index (χ2v) is 5.34. The minimum absolute atomic E-state index is 0.0147. The summed E-state index contributed by atoms with van der Waals surface area (Å²) in [6, 6.07) is 6.35. The molecular formula is C14H18N2O4. The third-order valence-electron chi connectivity index (χ3n) is 3.99. The van der Waals surface area contributed by atoms with Crippen LogP contribution in [0.1, 0.15) is 25.3 Å². The molecule has 1 aromatic rings. The number of likely N-dealkylation sites (tertiary alicyclic amines) is 1. The number of hydrogen-bond acceptors (Lipinski definition) is 4. The van der Waals surface area contributed by atoms with Crippen LogP contribution in [0.3, 0.4) is 0 Å². The number of carbonyl (C=O) groups is 1. The molecule has 6 heteroatoms. The molecule has 2 rings (SSSR count). The van der Waals surface area contributed by atoms with Crippen molar-refractivity contribution in [3.05, 3.63) is 39.9 Å². The fourth-order valence-electron chi connectivity index (χ4n) is 2.74. The quantitative estimate of drug-likeness (QED) is 0.658. The van der Waals surface area contributed by atoms with E-state index in [9.17, 15) is 20.0 Å². The zero-order valence-electron chi connectivity index (χ0n) is 11.4. The van der Waals surface area contributed by atoms with Crippen LogP contribution in [0, 0.1) is 10.1 Å². The summed E-state index contributed by atoms with van der Waals surface area (Å²) in [7, 11) is 0. The fraction of sp³-hybridized carbons (Fsp3) is 0.500. The molecule has 1 N–H and O–H groups in total. The van der Waals surface area contributed by atoms with Gasteiger partial charge in [0.15, 0.2) is 0 Å². The number of carboxylic acids is 1. The van der Waals surface area contributed by atoms with Gasteiger partial charge in [-0.2, -0.15) is 0 Å². The number of hydrogen-bond donors (Lipinski definition) is 1. The number of aliphatic carboxylic acids is 1. The Balaban J connectivity index is 2.33. The van der Waals surface area contributed by atoms with E-state index in [1.807, 2.05) is 4.90 Å². The van der Waals surface area contributed by atoms with E-state index in [1.165, 1.54) is 6.07 Å². The summed E-state index contributed by atoms with van der Waals surface area (Å²) in [6.45, 7) is 3.10. The molecule has 0 spiro atoms. The van der Waals surface area contributed by atoms with Crippen LogP contribution in [-0.2, 0) is 11.2 Å². The molecule has 108 valence electrons. The van der Waals surface area contributed by atoms with Crippen LogP contribution < -0.4 is 0 Å². The number of benzene rings is 1. The third-order valence-corrected chi connectivity index (χ3v) is 3.99. The van der Waals surface area contributed by atoms with Crippen molar-refractivity contribution in [2.24, 2.45) is 0 Å². The second-order valence-electron chi connectivity index (χ2n) is 5.34. The summed E-state index contributed by atoms with van der Waals surface area (Å²) in [5, 5.41) is 20.6. The summed E-state index contributed by atoms with van der Waals surface area (Å²) < 4.78 is 0. The summed E-state index contributed by atoms with van der Waals surface area (Å²) in [5.41, 5.74) is -0.642. The van der Waals surface area contributed by atoms with Crippen molar-refractivity contribution in [2.75, 3.05) is 13.1 Å². The van der Waals surface area contributed by atoms with Crippen molar-refractivity contribution >= 4 is 11.7 Å². The lowest BCUT2D eigenvalue weighted by atomic mass is 9.90. The number of nitro groups is 1. The molecule has 1 heterocycles. The van der Waals surface area contributed by atoms with Gasteiger partial charge in [0.25, 0.3) is 5.69 Å². The SMILES string of the molecule is CC(Cc1ccccc1[N+](=O)[O-])(C(=O)O)N1CCCC1. The number of carboxylic acid groups (broad SMARTS) is 1. The van der Waals surface area contributed by atoms with Gasteiger partial charge in [-0.25, -0.2) is 0 Å². The van der Waals surface area contributed by atoms with Gasteiger partial charge in [-0.1, -0.05) is 18.2 Å². The van der Waals surface area contributed by atoms with Crippen LogP contribution in [0.5, 0.6) is 0 Å². The molecule has 1 unspecified atom stereocenters. The van der Waals surface area contributed by atoms with Crippen LogP contribution in [-0.4, -0.2) is 39.5 Å². The molecule has 1 atom stereocenters. The highest BCUT2D eigenvalue weighted by Crippen LogP contribution is 2.29. The van der Waals surface area contributed by atoms with Crippen LogP contribution in [0.2, 0.25) is 0 Å². The highest BCUT2D eigenvalue weighted by Gasteiger charge is 2.42. The van der Waals surface area contributed by atoms with Crippen molar-refractivity contribution in [1.29, 1.82) is 0 Å². The monoisotopic (exact) mass is 278 g/mol. The maximum atomic E-state index is 11.7. The maximum Gasteiger partial charge on any atom is 0.324 e. The van der Waals surface area contributed by atoms with Crippen molar-refractivity contribution in [2.45, 2.75) is 31.7 Å². The van der Waals surface area contributed by atoms with Crippen molar-refractivity contribution in [3.8, 4) is 0 Å². The van der Waals surface area contributed by atoms with E-state index < -0.39 is 16.4 Å². The molecule has 0 saturated carbocycles. The number of rotatable bonds is 5. The zero-order chi connectivity index (χ0) is 14.8. The van der Waals surface area contributed by atoms with Gasteiger partial charge in [-0.15, -0.1) is 0 Å². The molecule has 0 aliphatic carbocycles. The first-order valence-corrected chi connectivity index (χ1v) is 6.66. The van der Waals surface area contributed by atoms with Gasteiger partial charge in [0.2, 0.25) is 0 Å². The predicted octanol–water partition coefficient (Wildman–Crippen LogP) is 2.08. The minimum atomic E-state index is -1.09. The largest absolute Gasteiger partial charge is 0.480 e. The van der Waals surface area contributed by atoms with E-state index in [1.54, 1.807) is 25.1 Å². The van der Waals surface area contributed by atoms with Gasteiger partial charge in [0.1, 0.15) is 5.54 Å². The first-order valence-electron chi connectivity index (χ1n) is 6.66. The molecule has 1 aliphatic rings. The van der Waals surface area contributed by atoms with Gasteiger partial charge in [0.05, 0.1) is 4.92 Å². The molecule has 0 radical (unpaired) electrons. The highest BCUT2D eigenvalue weighted by molar-refractivity contribution is 5.79. The van der Waals surface area contributed by atoms with E-state index in [4.69, 9.17) is 0 Å². The van der Waals surface area contributed by atoms with Crippen molar-refractivity contribution in [1.82, 2.24) is 4.90 Å². The summed E-state index contributed by atoms with van der Waals surface area (Å²) in [5.74, 6) is -0.933. The van der Waals surface area contributed by atoms with E-state index in [0.29, 0.717) is 5.56 Å². The Hall–Kier alpha value is -1.95. The van der Waals surface area contributed by atoms with Crippen molar-refractivity contribution < 1.29 is 14.8 Å². The zero-order valence-corrected chi connectivity index (χ0v) is 11.4.